The average molecular weight is 955 g/mol. The van der Waals surface area contributed by atoms with Crippen LogP contribution in [0.1, 0.15) is 102 Å². The van der Waals surface area contributed by atoms with Crippen molar-refractivity contribution >= 4 is 6.29 Å². The molecule has 0 amide bonds. The maximum Gasteiger partial charge on any atom is 0.233 e. The zero-order chi connectivity index (χ0) is 49.0. The van der Waals surface area contributed by atoms with E-state index in [-0.39, 0.29) is 17.7 Å². The second-order valence-electron chi connectivity index (χ2n) is 17.2. The molecule has 1 N–H and O–H groups in total. The number of aldehydes is 1. The number of benzene rings is 4. The summed E-state index contributed by atoms with van der Waals surface area (Å²) in [6.07, 6.45) is 9.07. The van der Waals surface area contributed by atoms with E-state index < -0.39 is 12.2 Å². The Labute approximate surface area is 404 Å². The quantitative estimate of drug-likeness (QED) is 0.0764. The molecule has 1 unspecified atom stereocenters. The fourth-order valence-corrected chi connectivity index (χ4v) is 7.55. The lowest BCUT2D eigenvalue weighted by atomic mass is 10.1. The molecule has 70 heavy (non-hydrogen) atoms. The first-order valence-corrected chi connectivity index (χ1v) is 23.1. The van der Waals surface area contributed by atoms with Crippen LogP contribution in [0.2, 0.25) is 0 Å². The van der Waals surface area contributed by atoms with Gasteiger partial charge in [0.15, 0.2) is 6.29 Å². The molecule has 2 aliphatic carbocycles. The van der Waals surface area contributed by atoms with Gasteiger partial charge in [0, 0.05) is 42.5 Å². The van der Waals surface area contributed by atoms with Gasteiger partial charge in [0.1, 0.15) is 29.1 Å². The van der Waals surface area contributed by atoms with Crippen molar-refractivity contribution in [1.82, 2.24) is 49.5 Å². The molecule has 0 saturated heterocycles. The molecule has 8 aromatic rings. The second kappa shape index (κ2) is 23.3. The Bertz CT molecular complexity index is 2920. The van der Waals surface area contributed by atoms with Crippen molar-refractivity contribution in [3.05, 3.63) is 179 Å². The molecule has 16 nitrogen and oxygen atoms in total. The normalized spacial score (nSPS) is 14.4. The molecule has 0 radical (unpaired) electrons. The molecule has 0 spiro atoms. The number of aromatic nitrogens is 10. The largest absolute Gasteiger partial charge is 0.480 e. The summed E-state index contributed by atoms with van der Waals surface area (Å²) < 4.78 is 57.2. The molecule has 2 saturated carbocycles. The smallest absolute Gasteiger partial charge is 0.233 e. The zero-order valence-corrected chi connectivity index (χ0v) is 39.5. The van der Waals surface area contributed by atoms with Crippen LogP contribution in [0, 0.1) is 23.5 Å². The third-order valence-corrected chi connectivity index (χ3v) is 11.8. The third-order valence-electron chi connectivity index (χ3n) is 11.8. The summed E-state index contributed by atoms with van der Waals surface area (Å²) in [6.45, 7) is 6.31. The summed E-state index contributed by atoms with van der Waals surface area (Å²) in [5.74, 6) is 1.54. The lowest BCUT2D eigenvalue weighted by Crippen LogP contribution is -2.13. The molecule has 0 bridgehead atoms. The lowest BCUT2D eigenvalue weighted by molar-refractivity contribution is 0.0521. The topological polar surface area (TPSA) is 171 Å². The number of ether oxygens (including phenoxy) is 4. The monoisotopic (exact) mass is 954 g/mol. The minimum atomic E-state index is -1.10. The Kier molecular flexibility index (Phi) is 16.3. The van der Waals surface area contributed by atoms with E-state index in [0.717, 1.165) is 47.7 Å². The Morgan fingerprint density at radius 3 is 1.74 bits per heavy atom. The number of hydrogen-bond acceptors (Lipinski definition) is 12. The zero-order valence-electron chi connectivity index (χ0n) is 39.5. The summed E-state index contributed by atoms with van der Waals surface area (Å²) in [4.78, 5) is 10.2. The minimum absolute atomic E-state index is 0.286. The van der Waals surface area contributed by atoms with Gasteiger partial charge in [0.2, 0.25) is 11.8 Å². The molecule has 3 atom stereocenters. The second-order valence-corrected chi connectivity index (χ2v) is 17.2. The van der Waals surface area contributed by atoms with Crippen LogP contribution in [0.4, 0.5) is 8.78 Å². The predicted octanol–water partition coefficient (Wildman–Crippen LogP) is 9.18. The van der Waals surface area contributed by atoms with Crippen LogP contribution in [-0.2, 0) is 35.8 Å². The number of carbonyl (C=O) groups excluding carboxylic acids is 1. The van der Waals surface area contributed by atoms with Gasteiger partial charge in [-0.15, -0.1) is 20.4 Å². The number of carbonyl (C=O) groups is 1. The number of nitrogens with zero attached hydrogens (tertiary/aromatic N) is 10. The van der Waals surface area contributed by atoms with Crippen LogP contribution in [0.3, 0.4) is 0 Å². The molecule has 10 rings (SSSR count). The first kappa shape index (κ1) is 49.0. The van der Waals surface area contributed by atoms with Gasteiger partial charge in [0.25, 0.3) is 0 Å². The number of hydrogen-bond donors (Lipinski definition) is 1. The lowest BCUT2D eigenvalue weighted by Gasteiger charge is -2.19. The molecule has 2 fully saturated rings. The summed E-state index contributed by atoms with van der Waals surface area (Å²) in [6, 6.07) is 32.1. The van der Waals surface area contributed by atoms with Gasteiger partial charge in [0.05, 0.1) is 69.1 Å². The summed E-state index contributed by atoms with van der Waals surface area (Å²) in [7, 11) is 3.07. The van der Waals surface area contributed by atoms with Gasteiger partial charge in [-0.1, -0.05) is 71.1 Å². The van der Waals surface area contributed by atoms with E-state index in [2.05, 4.69) is 30.8 Å². The Morgan fingerprint density at radius 1 is 0.671 bits per heavy atom. The van der Waals surface area contributed by atoms with Gasteiger partial charge in [-0.05, 0) is 98.9 Å². The van der Waals surface area contributed by atoms with E-state index >= 15 is 0 Å². The van der Waals surface area contributed by atoms with Crippen molar-refractivity contribution in [2.24, 2.45) is 11.8 Å². The first-order valence-electron chi connectivity index (χ1n) is 23.1. The van der Waals surface area contributed by atoms with Crippen molar-refractivity contribution in [1.29, 1.82) is 0 Å². The van der Waals surface area contributed by atoms with Crippen molar-refractivity contribution in [3.8, 4) is 23.1 Å². The average Bonchev–Trinajstić information content (AvgIpc) is 4.09. The Balaban J connectivity index is 0.000000161. The van der Waals surface area contributed by atoms with Crippen molar-refractivity contribution in [2.45, 2.75) is 84.1 Å². The number of methoxy groups -OCH3 is 2. The van der Waals surface area contributed by atoms with Gasteiger partial charge in [-0.2, -0.15) is 0 Å². The van der Waals surface area contributed by atoms with E-state index in [9.17, 15) is 18.7 Å². The maximum atomic E-state index is 14.3. The molecule has 0 aliphatic heterocycles. The Morgan fingerprint density at radius 2 is 1.21 bits per heavy atom. The molecule has 364 valence electrons. The third kappa shape index (κ3) is 13.2. The van der Waals surface area contributed by atoms with Crippen molar-refractivity contribution < 1.29 is 37.6 Å². The molecule has 4 aromatic heterocycles. The summed E-state index contributed by atoms with van der Waals surface area (Å²) in [5, 5.41) is 35.8. The van der Waals surface area contributed by atoms with Crippen LogP contribution < -0.4 is 9.47 Å². The van der Waals surface area contributed by atoms with Crippen LogP contribution in [0.15, 0.2) is 128 Å². The maximum absolute atomic E-state index is 14.3. The van der Waals surface area contributed by atoms with Gasteiger partial charge in [-0.25, -0.2) is 18.1 Å². The van der Waals surface area contributed by atoms with Crippen LogP contribution in [-0.4, -0.2) is 75.2 Å². The fourth-order valence-electron chi connectivity index (χ4n) is 7.55. The fraction of sp³-hybridized carbons (Fsp3) is 0.327. The van der Waals surface area contributed by atoms with E-state index in [1.54, 1.807) is 68.7 Å². The molecule has 4 heterocycles. The van der Waals surface area contributed by atoms with Crippen LogP contribution >= 0.6 is 0 Å². The highest BCUT2D eigenvalue weighted by Gasteiger charge is 2.27. The Hall–Kier alpha value is -7.41. The van der Waals surface area contributed by atoms with Crippen molar-refractivity contribution in [3.63, 3.8) is 0 Å². The highest BCUT2D eigenvalue weighted by atomic mass is 19.1. The SMILES string of the molecule is COc1cc(C(O)c2cn(CC3CC3)nn2)n(-c2ccc(F)cc2[C@@H](C)OCc2ccccc2)n1.COc1ccn(-c2ccc(F)cc2[C@@H](C)OCc2ccccc2)n1.O=Cc1cn(CC2CC2)nn1. The van der Waals surface area contributed by atoms with E-state index in [1.165, 1.54) is 57.1 Å². The highest BCUT2D eigenvalue weighted by molar-refractivity contribution is 5.70. The molecule has 2 aliphatic rings. The van der Waals surface area contributed by atoms with Gasteiger partial charge >= 0.3 is 0 Å². The van der Waals surface area contributed by atoms with E-state index in [4.69, 9.17) is 18.9 Å². The van der Waals surface area contributed by atoms with E-state index in [0.29, 0.717) is 59.2 Å². The number of aliphatic hydroxyl groups excluding tert-OH is 1. The minimum Gasteiger partial charge on any atom is -0.480 e. The standard InChI is InChI=1S/C26H28FN5O3.C19H19FN2O2.C7H9N3O/c1-17(35-16-19-6-4-3-5-7-19)21-12-20(27)10-11-23(21)32-24(13-25(29-32)34-2)26(33)22-15-31(30-28-22)14-18-8-9-18;1-14(24-13-15-6-4-3-5-7-15)17-12-16(20)8-9-18(17)22-11-10-19(21-22)23-2;11-5-7-4-10(9-8-7)3-6-1-2-6/h3-7,10-13,15,17-18,26,33H,8-9,14,16H2,1-2H3;3-12,14H,13H2,1-2H3;4-6H,1-3H2/t17-,26?;14-;/m11./s1. The molecule has 18 heteroatoms. The van der Waals surface area contributed by atoms with Crippen LogP contribution in [0.5, 0.6) is 11.8 Å². The molecular weight excluding hydrogens is 899 g/mol. The van der Waals surface area contributed by atoms with Gasteiger partial charge in [-0.3, -0.25) is 14.2 Å². The molecular formula is C52H56F2N10O6. The van der Waals surface area contributed by atoms with E-state index in [1.807, 2.05) is 74.5 Å². The predicted molar refractivity (Wildman–Crippen MR) is 254 cm³/mol. The molecule has 4 aromatic carbocycles. The number of rotatable bonds is 19. The van der Waals surface area contributed by atoms with Gasteiger partial charge < -0.3 is 24.1 Å². The summed E-state index contributed by atoms with van der Waals surface area (Å²) >= 11 is 0. The first-order chi connectivity index (χ1) is 34.1. The van der Waals surface area contributed by atoms with Crippen LogP contribution in [0.25, 0.3) is 11.4 Å². The summed E-state index contributed by atoms with van der Waals surface area (Å²) in [5.41, 5.74) is 6.02. The number of aliphatic hydroxyl groups is 1. The van der Waals surface area contributed by atoms with Crippen molar-refractivity contribution in [2.75, 3.05) is 14.2 Å². The highest BCUT2D eigenvalue weighted by Crippen LogP contribution is 2.34. The number of halogens is 2.